The molecule has 3 aromatic rings. The van der Waals surface area contributed by atoms with Gasteiger partial charge in [-0.2, -0.15) is 13.2 Å². The zero-order valence-corrected chi connectivity index (χ0v) is 15.2. The van der Waals surface area contributed by atoms with Crippen LogP contribution in [0.3, 0.4) is 0 Å². The molecule has 2 nitrogen and oxygen atoms in total. The van der Waals surface area contributed by atoms with Crippen molar-refractivity contribution in [1.82, 2.24) is 9.47 Å². The van der Waals surface area contributed by atoms with Crippen molar-refractivity contribution in [2.45, 2.75) is 31.7 Å². The third-order valence-corrected chi connectivity index (χ3v) is 5.19. The Kier molecular flexibility index (Phi) is 4.98. The smallest absolute Gasteiger partial charge is 0.350 e. The molecule has 1 atom stereocenters. The van der Waals surface area contributed by atoms with Gasteiger partial charge in [0, 0.05) is 31.5 Å². The van der Waals surface area contributed by atoms with Gasteiger partial charge in [0.1, 0.15) is 5.82 Å². The Morgan fingerprint density at radius 3 is 2.54 bits per heavy atom. The minimum Gasteiger partial charge on any atom is -0.350 e. The van der Waals surface area contributed by atoms with Crippen LogP contribution in [0.25, 0.3) is 0 Å². The molecule has 0 radical (unpaired) electrons. The summed E-state index contributed by atoms with van der Waals surface area (Å²) in [7, 11) is 0. The van der Waals surface area contributed by atoms with Crippen LogP contribution in [-0.4, -0.2) is 16.0 Å². The van der Waals surface area contributed by atoms with Gasteiger partial charge in [-0.25, -0.2) is 4.39 Å². The van der Waals surface area contributed by atoms with Crippen LogP contribution in [0.1, 0.15) is 34.8 Å². The molecule has 2 heterocycles. The third kappa shape index (κ3) is 3.69. The van der Waals surface area contributed by atoms with Gasteiger partial charge in [-0.15, -0.1) is 0 Å². The molecule has 1 aromatic heterocycles. The minimum absolute atomic E-state index is 0.230. The average Bonchev–Trinajstić information content (AvgIpc) is 3.03. The minimum atomic E-state index is -4.44. The maximum Gasteiger partial charge on any atom is 0.416 e. The van der Waals surface area contributed by atoms with Gasteiger partial charge in [0.15, 0.2) is 0 Å². The zero-order chi connectivity index (χ0) is 19.7. The summed E-state index contributed by atoms with van der Waals surface area (Å²) in [5.74, 6) is -0.345. The maximum atomic E-state index is 13.7. The van der Waals surface area contributed by atoms with Crippen molar-refractivity contribution < 1.29 is 17.6 Å². The molecule has 146 valence electrons. The standard InChI is InChI=1S/C22H20F4N2/c23-17-7-3-6-16(14-17)15-28-13-5-12-27-11-4-10-20(27)21(28)18-8-1-2-9-19(18)22(24,25)26/h1-4,6-11,14,21H,5,12-13,15H2. The largest absolute Gasteiger partial charge is 0.416 e. The number of fused-ring (bicyclic) bond motifs is 1. The maximum absolute atomic E-state index is 13.7. The number of aryl methyl sites for hydroxylation is 1. The topological polar surface area (TPSA) is 8.17 Å². The highest BCUT2D eigenvalue weighted by Gasteiger charge is 2.38. The Labute approximate surface area is 161 Å². The van der Waals surface area contributed by atoms with E-state index in [1.807, 2.05) is 27.8 Å². The molecule has 0 fully saturated rings. The van der Waals surface area contributed by atoms with Crippen molar-refractivity contribution in [2.75, 3.05) is 6.54 Å². The summed E-state index contributed by atoms with van der Waals surface area (Å²) in [6, 6.07) is 15.2. The van der Waals surface area contributed by atoms with E-state index in [0.29, 0.717) is 13.1 Å². The van der Waals surface area contributed by atoms with Crippen molar-refractivity contribution >= 4 is 0 Å². The van der Waals surface area contributed by atoms with Gasteiger partial charge >= 0.3 is 6.18 Å². The number of halogens is 4. The van der Waals surface area contributed by atoms with Gasteiger partial charge in [0.05, 0.1) is 11.6 Å². The molecule has 1 aliphatic heterocycles. The molecule has 4 rings (SSSR count). The summed E-state index contributed by atoms with van der Waals surface area (Å²) >= 11 is 0. The molecule has 0 aliphatic carbocycles. The molecule has 2 aromatic carbocycles. The van der Waals surface area contributed by atoms with E-state index in [-0.39, 0.29) is 11.4 Å². The highest BCUT2D eigenvalue weighted by molar-refractivity contribution is 5.38. The van der Waals surface area contributed by atoms with Gasteiger partial charge in [-0.3, -0.25) is 4.90 Å². The third-order valence-electron chi connectivity index (χ3n) is 5.19. The SMILES string of the molecule is Fc1cccc(CN2CCCn3cccc3C2c2ccccc2C(F)(F)F)c1. The molecular formula is C22H20F4N2. The van der Waals surface area contributed by atoms with E-state index < -0.39 is 17.8 Å². The summed E-state index contributed by atoms with van der Waals surface area (Å²) in [5.41, 5.74) is 1.17. The highest BCUT2D eigenvalue weighted by Crippen LogP contribution is 2.40. The average molecular weight is 388 g/mol. The number of benzene rings is 2. The predicted octanol–water partition coefficient (Wildman–Crippen LogP) is 5.64. The molecule has 0 saturated carbocycles. The first-order chi connectivity index (χ1) is 13.4. The van der Waals surface area contributed by atoms with Crippen LogP contribution >= 0.6 is 0 Å². The summed E-state index contributed by atoms with van der Waals surface area (Å²) in [6.07, 6.45) is -1.73. The van der Waals surface area contributed by atoms with E-state index in [1.165, 1.54) is 18.2 Å². The van der Waals surface area contributed by atoms with Crippen LogP contribution in [0.4, 0.5) is 17.6 Å². The fourth-order valence-corrected chi connectivity index (χ4v) is 4.03. The fourth-order valence-electron chi connectivity index (χ4n) is 4.03. The molecule has 0 bridgehead atoms. The first-order valence-electron chi connectivity index (χ1n) is 9.23. The van der Waals surface area contributed by atoms with Crippen molar-refractivity contribution in [3.63, 3.8) is 0 Å². The van der Waals surface area contributed by atoms with E-state index in [0.717, 1.165) is 30.3 Å². The lowest BCUT2D eigenvalue weighted by atomic mass is 9.95. The van der Waals surface area contributed by atoms with Gasteiger partial charge in [0.25, 0.3) is 0 Å². The van der Waals surface area contributed by atoms with E-state index >= 15 is 0 Å². The first kappa shape index (κ1) is 18.7. The number of alkyl halides is 3. The Morgan fingerprint density at radius 1 is 0.929 bits per heavy atom. The van der Waals surface area contributed by atoms with E-state index in [1.54, 1.807) is 24.3 Å². The summed E-state index contributed by atoms with van der Waals surface area (Å²) < 4.78 is 56.9. The summed E-state index contributed by atoms with van der Waals surface area (Å²) in [5, 5.41) is 0. The van der Waals surface area contributed by atoms with Crippen molar-refractivity contribution in [2.24, 2.45) is 0 Å². The lowest BCUT2D eigenvalue weighted by Gasteiger charge is -2.32. The van der Waals surface area contributed by atoms with Crippen LogP contribution < -0.4 is 0 Å². The van der Waals surface area contributed by atoms with Crippen molar-refractivity contribution in [3.05, 3.63) is 95.1 Å². The molecular weight excluding hydrogens is 368 g/mol. The Bertz CT molecular complexity index is 961. The van der Waals surface area contributed by atoms with Crippen LogP contribution in [0, 0.1) is 5.82 Å². The number of rotatable bonds is 3. The quantitative estimate of drug-likeness (QED) is 0.527. The second-order valence-electron chi connectivity index (χ2n) is 7.07. The monoisotopic (exact) mass is 388 g/mol. The first-order valence-corrected chi connectivity index (χ1v) is 9.23. The molecule has 1 aliphatic rings. The molecule has 0 saturated heterocycles. The second kappa shape index (κ2) is 7.43. The molecule has 0 amide bonds. The van der Waals surface area contributed by atoms with Gasteiger partial charge in [-0.1, -0.05) is 30.3 Å². The summed E-state index contributed by atoms with van der Waals surface area (Å²) in [4.78, 5) is 2.01. The van der Waals surface area contributed by atoms with Crippen molar-refractivity contribution in [1.29, 1.82) is 0 Å². The van der Waals surface area contributed by atoms with Gasteiger partial charge in [-0.05, 0) is 47.9 Å². The summed E-state index contributed by atoms with van der Waals surface area (Å²) in [6.45, 7) is 1.74. The molecule has 6 heteroatoms. The van der Waals surface area contributed by atoms with Gasteiger partial charge < -0.3 is 4.57 Å². The molecule has 1 unspecified atom stereocenters. The van der Waals surface area contributed by atoms with E-state index in [4.69, 9.17) is 0 Å². The fraction of sp³-hybridized carbons (Fsp3) is 0.273. The zero-order valence-electron chi connectivity index (χ0n) is 15.2. The van der Waals surface area contributed by atoms with Crippen LogP contribution in [0.2, 0.25) is 0 Å². The second-order valence-corrected chi connectivity index (χ2v) is 7.07. The normalized spacial score (nSPS) is 17.9. The Hall–Kier alpha value is -2.60. The predicted molar refractivity (Wildman–Crippen MR) is 99.1 cm³/mol. The number of aromatic nitrogens is 1. The number of hydrogen-bond donors (Lipinski definition) is 0. The highest BCUT2D eigenvalue weighted by atomic mass is 19.4. The Morgan fingerprint density at radius 2 is 1.75 bits per heavy atom. The Balaban J connectivity index is 1.82. The number of nitrogens with zero attached hydrogens (tertiary/aromatic N) is 2. The lowest BCUT2D eigenvalue weighted by molar-refractivity contribution is -0.138. The van der Waals surface area contributed by atoms with Crippen LogP contribution in [0.15, 0.2) is 66.9 Å². The lowest BCUT2D eigenvalue weighted by Crippen LogP contribution is -2.31. The van der Waals surface area contributed by atoms with Gasteiger partial charge in [0.2, 0.25) is 0 Å². The number of hydrogen-bond acceptors (Lipinski definition) is 1. The molecule has 0 spiro atoms. The van der Waals surface area contributed by atoms with Crippen molar-refractivity contribution in [3.8, 4) is 0 Å². The molecule has 0 N–H and O–H groups in total. The molecule has 28 heavy (non-hydrogen) atoms. The van der Waals surface area contributed by atoms with E-state index in [2.05, 4.69) is 0 Å². The van der Waals surface area contributed by atoms with Crippen LogP contribution in [0.5, 0.6) is 0 Å². The van der Waals surface area contributed by atoms with E-state index in [9.17, 15) is 17.6 Å². The van der Waals surface area contributed by atoms with Crippen LogP contribution in [-0.2, 0) is 19.3 Å².